The third kappa shape index (κ3) is 0.845. The number of urea groups is 1. The van der Waals surface area contributed by atoms with Crippen LogP contribution >= 0.6 is 0 Å². The Morgan fingerprint density at radius 1 is 1.73 bits per heavy atom. The van der Waals surface area contributed by atoms with Crippen LogP contribution < -0.4 is 5.32 Å². The van der Waals surface area contributed by atoms with Crippen molar-refractivity contribution >= 4 is 6.03 Å². The minimum atomic E-state index is -0.00671. The van der Waals surface area contributed by atoms with Crippen LogP contribution in [-0.2, 0) is 0 Å². The summed E-state index contributed by atoms with van der Waals surface area (Å²) in [4.78, 5) is 12.8. The molecule has 0 aliphatic carbocycles. The van der Waals surface area contributed by atoms with Gasteiger partial charge in [0.05, 0.1) is 18.0 Å². The maximum Gasteiger partial charge on any atom is 0.317 e. The molecule has 0 saturated carbocycles. The summed E-state index contributed by atoms with van der Waals surface area (Å²) in [5.74, 6) is 0.0612. The lowest BCUT2D eigenvalue weighted by Gasteiger charge is -2.10. The SMILES string of the molecule is N#C[C@@H]1C[C@H]2CNC(=O)N2C1. The molecule has 0 radical (unpaired) electrons. The predicted octanol–water partition coefficient (Wildman–Crippen LogP) is -0.0763. The van der Waals surface area contributed by atoms with Crippen LogP contribution in [0.4, 0.5) is 4.79 Å². The van der Waals surface area contributed by atoms with Gasteiger partial charge in [0.2, 0.25) is 0 Å². The summed E-state index contributed by atoms with van der Waals surface area (Å²) in [6, 6.07) is 2.47. The van der Waals surface area contributed by atoms with Crippen LogP contribution in [0.25, 0.3) is 0 Å². The Kier molecular flexibility index (Phi) is 1.25. The topological polar surface area (TPSA) is 56.1 Å². The number of nitriles is 1. The Balaban J connectivity index is 2.11. The van der Waals surface area contributed by atoms with Gasteiger partial charge in [0.15, 0.2) is 0 Å². The van der Waals surface area contributed by atoms with Crippen molar-refractivity contribution < 1.29 is 4.79 Å². The summed E-state index contributed by atoms with van der Waals surface area (Å²) < 4.78 is 0. The number of amides is 2. The molecular weight excluding hydrogens is 142 g/mol. The Labute approximate surface area is 64.8 Å². The van der Waals surface area contributed by atoms with Crippen molar-refractivity contribution in [3.8, 4) is 6.07 Å². The predicted molar refractivity (Wildman–Crippen MR) is 37.6 cm³/mol. The van der Waals surface area contributed by atoms with Gasteiger partial charge in [0, 0.05) is 13.1 Å². The van der Waals surface area contributed by atoms with E-state index in [1.54, 1.807) is 4.90 Å². The van der Waals surface area contributed by atoms with Gasteiger partial charge in [-0.3, -0.25) is 0 Å². The van der Waals surface area contributed by atoms with E-state index < -0.39 is 0 Å². The smallest absolute Gasteiger partial charge is 0.317 e. The maximum absolute atomic E-state index is 11.0. The molecule has 2 aliphatic rings. The molecule has 0 aromatic rings. The number of hydrogen-bond acceptors (Lipinski definition) is 2. The highest BCUT2D eigenvalue weighted by molar-refractivity contribution is 5.77. The van der Waals surface area contributed by atoms with Gasteiger partial charge in [-0.1, -0.05) is 0 Å². The van der Waals surface area contributed by atoms with E-state index in [4.69, 9.17) is 5.26 Å². The quantitative estimate of drug-likeness (QED) is 0.526. The van der Waals surface area contributed by atoms with Gasteiger partial charge in [-0.25, -0.2) is 4.79 Å². The van der Waals surface area contributed by atoms with Gasteiger partial charge in [-0.15, -0.1) is 0 Å². The zero-order valence-corrected chi connectivity index (χ0v) is 6.08. The highest BCUT2D eigenvalue weighted by Crippen LogP contribution is 2.24. The molecule has 0 unspecified atom stereocenters. The van der Waals surface area contributed by atoms with Crippen LogP contribution in [-0.4, -0.2) is 30.1 Å². The first-order valence-corrected chi connectivity index (χ1v) is 3.75. The number of rotatable bonds is 0. The fourth-order valence-electron chi connectivity index (χ4n) is 1.76. The Morgan fingerprint density at radius 2 is 2.55 bits per heavy atom. The monoisotopic (exact) mass is 151 g/mol. The summed E-state index contributed by atoms with van der Waals surface area (Å²) in [5, 5.41) is 11.3. The molecule has 2 saturated heterocycles. The van der Waals surface area contributed by atoms with E-state index in [0.717, 1.165) is 13.0 Å². The van der Waals surface area contributed by atoms with Crippen molar-refractivity contribution in [2.45, 2.75) is 12.5 Å². The van der Waals surface area contributed by atoms with Crippen LogP contribution in [0.5, 0.6) is 0 Å². The van der Waals surface area contributed by atoms with Gasteiger partial charge < -0.3 is 10.2 Å². The van der Waals surface area contributed by atoms with Gasteiger partial charge in [0.25, 0.3) is 0 Å². The largest absolute Gasteiger partial charge is 0.336 e. The van der Waals surface area contributed by atoms with Gasteiger partial charge in [-0.05, 0) is 6.42 Å². The molecule has 2 amide bonds. The third-order valence-electron chi connectivity index (χ3n) is 2.35. The molecule has 0 aromatic carbocycles. The molecule has 11 heavy (non-hydrogen) atoms. The van der Waals surface area contributed by atoms with E-state index in [9.17, 15) is 4.79 Å². The molecule has 2 atom stereocenters. The molecule has 0 aromatic heterocycles. The minimum Gasteiger partial charge on any atom is -0.336 e. The zero-order chi connectivity index (χ0) is 7.84. The fraction of sp³-hybridized carbons (Fsp3) is 0.714. The third-order valence-corrected chi connectivity index (χ3v) is 2.35. The average Bonchev–Trinajstić information content (AvgIpc) is 2.53. The van der Waals surface area contributed by atoms with Crippen molar-refractivity contribution in [1.82, 2.24) is 10.2 Å². The number of fused-ring (bicyclic) bond motifs is 1. The highest BCUT2D eigenvalue weighted by atomic mass is 16.2. The van der Waals surface area contributed by atoms with Crippen molar-refractivity contribution in [2.75, 3.05) is 13.1 Å². The molecule has 58 valence electrons. The summed E-state index contributed by atoms with van der Waals surface area (Å²) in [6.07, 6.45) is 0.842. The molecule has 1 N–H and O–H groups in total. The van der Waals surface area contributed by atoms with E-state index in [1.165, 1.54) is 0 Å². The second-order valence-electron chi connectivity index (χ2n) is 3.05. The lowest BCUT2D eigenvalue weighted by Crippen LogP contribution is -2.29. The summed E-state index contributed by atoms with van der Waals surface area (Å²) in [5.41, 5.74) is 0. The van der Waals surface area contributed by atoms with E-state index in [0.29, 0.717) is 6.54 Å². The van der Waals surface area contributed by atoms with Crippen LogP contribution in [0.2, 0.25) is 0 Å². The van der Waals surface area contributed by atoms with Crippen molar-refractivity contribution in [3.05, 3.63) is 0 Å². The fourth-order valence-corrected chi connectivity index (χ4v) is 1.76. The van der Waals surface area contributed by atoms with E-state index in [-0.39, 0.29) is 18.0 Å². The number of nitrogens with zero attached hydrogens (tertiary/aromatic N) is 2. The first-order valence-electron chi connectivity index (χ1n) is 3.75. The molecule has 4 heteroatoms. The van der Waals surface area contributed by atoms with Crippen molar-refractivity contribution in [3.63, 3.8) is 0 Å². The standard InChI is InChI=1S/C7H9N3O/c8-2-5-1-6-3-9-7(11)10(6)4-5/h5-6H,1,3-4H2,(H,9,11)/t5-,6-/m0/s1. The number of nitrogens with one attached hydrogen (secondary N) is 1. The normalized spacial score (nSPS) is 34.8. The van der Waals surface area contributed by atoms with Crippen molar-refractivity contribution in [2.24, 2.45) is 5.92 Å². The lowest BCUT2D eigenvalue weighted by molar-refractivity contribution is 0.216. The van der Waals surface area contributed by atoms with Crippen LogP contribution in [0, 0.1) is 17.2 Å². The summed E-state index contributed by atoms with van der Waals surface area (Å²) in [7, 11) is 0. The Morgan fingerprint density at radius 3 is 3.18 bits per heavy atom. The molecule has 0 bridgehead atoms. The van der Waals surface area contributed by atoms with Gasteiger partial charge in [0.1, 0.15) is 0 Å². The average molecular weight is 151 g/mol. The summed E-state index contributed by atoms with van der Waals surface area (Å²) >= 11 is 0. The number of carbonyl (C=O) groups is 1. The number of carbonyl (C=O) groups excluding carboxylic acids is 1. The Bertz CT molecular complexity index is 232. The van der Waals surface area contributed by atoms with Crippen LogP contribution in [0.15, 0.2) is 0 Å². The summed E-state index contributed by atoms with van der Waals surface area (Å²) in [6.45, 7) is 1.34. The highest BCUT2D eigenvalue weighted by Gasteiger charge is 2.39. The first kappa shape index (κ1) is 6.47. The van der Waals surface area contributed by atoms with E-state index in [1.807, 2.05) is 0 Å². The van der Waals surface area contributed by atoms with E-state index in [2.05, 4.69) is 11.4 Å². The zero-order valence-electron chi connectivity index (χ0n) is 6.08. The van der Waals surface area contributed by atoms with E-state index >= 15 is 0 Å². The van der Waals surface area contributed by atoms with Crippen molar-refractivity contribution in [1.29, 1.82) is 5.26 Å². The second kappa shape index (κ2) is 2.12. The molecule has 2 fully saturated rings. The minimum absolute atomic E-state index is 0.00671. The molecular formula is C7H9N3O. The first-order chi connectivity index (χ1) is 5.31. The van der Waals surface area contributed by atoms with Crippen LogP contribution in [0.3, 0.4) is 0 Å². The maximum atomic E-state index is 11.0. The molecule has 2 heterocycles. The van der Waals surface area contributed by atoms with Crippen LogP contribution in [0.1, 0.15) is 6.42 Å². The molecule has 2 rings (SSSR count). The van der Waals surface area contributed by atoms with Gasteiger partial charge in [-0.2, -0.15) is 5.26 Å². The molecule has 0 spiro atoms. The lowest BCUT2D eigenvalue weighted by atomic mass is 10.1. The molecule has 4 nitrogen and oxygen atoms in total. The second-order valence-corrected chi connectivity index (χ2v) is 3.05. The van der Waals surface area contributed by atoms with Gasteiger partial charge >= 0.3 is 6.03 Å². The number of hydrogen-bond donors (Lipinski definition) is 1. The molecule has 2 aliphatic heterocycles. The Hall–Kier alpha value is -1.24.